The fourth-order valence-corrected chi connectivity index (χ4v) is 1.52. The zero-order valence-corrected chi connectivity index (χ0v) is 8.32. The van der Waals surface area contributed by atoms with Crippen molar-refractivity contribution in [1.82, 2.24) is 0 Å². The van der Waals surface area contributed by atoms with E-state index in [-0.39, 0.29) is 5.69 Å². The Kier molecular flexibility index (Phi) is 2.13. The normalized spacial score (nSPS) is 27.4. The molecule has 1 aromatic rings. The second kappa shape index (κ2) is 3.24. The van der Waals surface area contributed by atoms with Crippen LogP contribution in [0.2, 0.25) is 0 Å². The van der Waals surface area contributed by atoms with E-state index in [1.54, 1.807) is 6.07 Å². The maximum Gasteiger partial charge on any atom is 0.353 e. The third-order valence-corrected chi connectivity index (χ3v) is 2.53. The van der Waals surface area contributed by atoms with Gasteiger partial charge in [-0.3, -0.25) is 25.0 Å². The first-order valence-corrected chi connectivity index (χ1v) is 4.52. The molecule has 1 aliphatic rings. The minimum atomic E-state index is -1.45. The van der Waals surface area contributed by atoms with Gasteiger partial charge in [-0.1, -0.05) is 12.1 Å². The standard InChI is InChI=1S/C9H8N2O5/c1-9(11(14)15)8(16-9)6-3-2-4-7(5-6)10(12)13/h2-5,8H,1H3. The number of hydrogen-bond acceptors (Lipinski definition) is 5. The lowest BCUT2D eigenvalue weighted by Crippen LogP contribution is -2.19. The highest BCUT2D eigenvalue weighted by Crippen LogP contribution is 2.49. The third kappa shape index (κ3) is 1.50. The minimum absolute atomic E-state index is 0.0984. The molecule has 0 aromatic heterocycles. The summed E-state index contributed by atoms with van der Waals surface area (Å²) in [6.45, 7) is 1.34. The molecule has 7 nitrogen and oxygen atoms in total. The number of ether oxygens (including phenoxy) is 1. The number of epoxide rings is 1. The van der Waals surface area contributed by atoms with Gasteiger partial charge in [0, 0.05) is 19.1 Å². The van der Waals surface area contributed by atoms with Crippen molar-refractivity contribution in [1.29, 1.82) is 0 Å². The van der Waals surface area contributed by atoms with Gasteiger partial charge in [0.2, 0.25) is 0 Å². The molecule has 2 rings (SSSR count). The first-order valence-electron chi connectivity index (χ1n) is 4.52. The molecule has 0 amide bonds. The largest absolute Gasteiger partial charge is 0.353 e. The van der Waals surface area contributed by atoms with E-state index >= 15 is 0 Å². The molecule has 0 N–H and O–H groups in total. The first kappa shape index (κ1) is 10.5. The molecule has 84 valence electrons. The summed E-state index contributed by atoms with van der Waals surface area (Å²) in [5, 5.41) is 21.2. The Morgan fingerprint density at radius 3 is 2.56 bits per heavy atom. The van der Waals surface area contributed by atoms with Crippen molar-refractivity contribution < 1.29 is 14.6 Å². The van der Waals surface area contributed by atoms with Crippen molar-refractivity contribution in [2.75, 3.05) is 0 Å². The number of rotatable bonds is 3. The fourth-order valence-electron chi connectivity index (χ4n) is 1.52. The molecule has 2 atom stereocenters. The van der Waals surface area contributed by atoms with Gasteiger partial charge in [0.1, 0.15) is 0 Å². The maximum atomic E-state index is 10.6. The summed E-state index contributed by atoms with van der Waals surface area (Å²) < 4.78 is 4.97. The Balaban J connectivity index is 2.28. The molecule has 0 spiro atoms. The van der Waals surface area contributed by atoms with Crippen molar-refractivity contribution in [2.45, 2.75) is 18.8 Å². The van der Waals surface area contributed by atoms with Gasteiger partial charge in [-0.05, 0) is 5.56 Å². The molecule has 1 heterocycles. The number of nitro benzene ring substituents is 1. The molecule has 0 radical (unpaired) electrons. The Bertz CT molecular complexity index is 475. The summed E-state index contributed by atoms with van der Waals surface area (Å²) in [4.78, 5) is 20.1. The molecular formula is C9H8N2O5. The SMILES string of the molecule is CC1([N+](=O)[O-])OC1c1cccc([N+](=O)[O-])c1. The van der Waals surface area contributed by atoms with Crippen LogP contribution in [0, 0.1) is 20.2 Å². The average Bonchev–Trinajstić information content (AvgIpc) is 2.93. The van der Waals surface area contributed by atoms with Gasteiger partial charge in [-0.25, -0.2) is 0 Å². The van der Waals surface area contributed by atoms with Crippen molar-refractivity contribution >= 4 is 5.69 Å². The molecular weight excluding hydrogens is 216 g/mol. The Morgan fingerprint density at radius 2 is 2.06 bits per heavy atom. The third-order valence-electron chi connectivity index (χ3n) is 2.53. The van der Waals surface area contributed by atoms with Gasteiger partial charge >= 0.3 is 5.72 Å². The Hall–Kier alpha value is -2.02. The van der Waals surface area contributed by atoms with E-state index in [2.05, 4.69) is 0 Å². The monoisotopic (exact) mass is 224 g/mol. The Labute approximate surface area is 89.9 Å². The highest BCUT2D eigenvalue weighted by atomic mass is 16.7. The summed E-state index contributed by atoms with van der Waals surface area (Å²) in [7, 11) is 0. The molecule has 0 aliphatic carbocycles. The molecule has 1 fully saturated rings. The number of benzene rings is 1. The molecule has 7 heteroatoms. The van der Waals surface area contributed by atoms with Crippen LogP contribution >= 0.6 is 0 Å². The maximum absolute atomic E-state index is 10.6. The van der Waals surface area contributed by atoms with Gasteiger partial charge in [0.05, 0.1) is 9.85 Å². The quantitative estimate of drug-likeness (QED) is 0.441. The van der Waals surface area contributed by atoms with E-state index in [1.165, 1.54) is 25.1 Å². The van der Waals surface area contributed by atoms with E-state index in [0.717, 1.165) is 0 Å². The molecule has 1 saturated heterocycles. The molecule has 0 saturated carbocycles. The van der Waals surface area contributed by atoms with Gasteiger partial charge in [0.25, 0.3) is 5.69 Å². The van der Waals surface area contributed by atoms with E-state index in [4.69, 9.17) is 4.74 Å². The fraction of sp³-hybridized carbons (Fsp3) is 0.333. The van der Waals surface area contributed by atoms with Gasteiger partial charge in [0.15, 0.2) is 6.10 Å². The van der Waals surface area contributed by atoms with Crippen LogP contribution in [0.15, 0.2) is 24.3 Å². The van der Waals surface area contributed by atoms with E-state index < -0.39 is 21.7 Å². The van der Waals surface area contributed by atoms with E-state index in [0.29, 0.717) is 5.56 Å². The second-order valence-electron chi connectivity index (χ2n) is 3.66. The van der Waals surface area contributed by atoms with Crippen LogP contribution in [0.25, 0.3) is 0 Å². The molecule has 1 aromatic carbocycles. The lowest BCUT2D eigenvalue weighted by molar-refractivity contribution is -0.558. The topological polar surface area (TPSA) is 98.8 Å². The van der Waals surface area contributed by atoms with Crippen molar-refractivity contribution in [3.05, 3.63) is 50.1 Å². The van der Waals surface area contributed by atoms with Gasteiger partial charge in [-0.2, -0.15) is 0 Å². The van der Waals surface area contributed by atoms with E-state index in [9.17, 15) is 20.2 Å². The van der Waals surface area contributed by atoms with Crippen molar-refractivity contribution in [3.8, 4) is 0 Å². The smallest absolute Gasteiger partial charge is 0.294 e. The zero-order valence-electron chi connectivity index (χ0n) is 8.32. The Morgan fingerprint density at radius 1 is 1.38 bits per heavy atom. The summed E-state index contributed by atoms with van der Waals surface area (Å²) in [6.07, 6.45) is -0.706. The van der Waals surface area contributed by atoms with E-state index in [1.807, 2.05) is 0 Å². The zero-order chi connectivity index (χ0) is 11.9. The van der Waals surface area contributed by atoms with Crippen LogP contribution in [0.4, 0.5) is 5.69 Å². The van der Waals surface area contributed by atoms with Crippen LogP contribution in [0.3, 0.4) is 0 Å². The molecule has 16 heavy (non-hydrogen) atoms. The highest BCUT2D eigenvalue weighted by Gasteiger charge is 2.65. The summed E-state index contributed by atoms with van der Waals surface area (Å²) >= 11 is 0. The summed E-state index contributed by atoms with van der Waals surface area (Å²) in [5.74, 6) is 0. The van der Waals surface area contributed by atoms with Crippen LogP contribution in [0.5, 0.6) is 0 Å². The van der Waals surface area contributed by atoms with Crippen LogP contribution in [-0.2, 0) is 4.74 Å². The minimum Gasteiger partial charge on any atom is -0.294 e. The molecule has 1 aliphatic heterocycles. The summed E-state index contributed by atoms with van der Waals surface area (Å²) in [6, 6.07) is 5.68. The van der Waals surface area contributed by atoms with Gasteiger partial charge in [-0.15, -0.1) is 0 Å². The lowest BCUT2D eigenvalue weighted by Gasteiger charge is -1.97. The summed E-state index contributed by atoms with van der Waals surface area (Å²) in [5.41, 5.74) is -1.10. The molecule has 0 bridgehead atoms. The number of nitrogens with zero attached hydrogens (tertiary/aromatic N) is 2. The average molecular weight is 224 g/mol. The van der Waals surface area contributed by atoms with Crippen LogP contribution < -0.4 is 0 Å². The van der Waals surface area contributed by atoms with Crippen molar-refractivity contribution in [2.24, 2.45) is 0 Å². The molecule has 2 unspecified atom stereocenters. The van der Waals surface area contributed by atoms with Crippen molar-refractivity contribution in [3.63, 3.8) is 0 Å². The predicted molar refractivity (Wildman–Crippen MR) is 52.3 cm³/mol. The number of hydrogen-bond donors (Lipinski definition) is 0. The van der Waals surface area contributed by atoms with Crippen LogP contribution in [-0.4, -0.2) is 15.6 Å². The predicted octanol–water partition coefficient (Wildman–Crippen LogP) is 1.66. The lowest BCUT2D eigenvalue weighted by atomic mass is 10.1. The first-order chi connectivity index (χ1) is 7.45. The number of nitro groups is 2. The van der Waals surface area contributed by atoms with Gasteiger partial charge < -0.3 is 0 Å². The van der Waals surface area contributed by atoms with Crippen LogP contribution in [0.1, 0.15) is 18.6 Å². The second-order valence-corrected chi connectivity index (χ2v) is 3.66. The highest BCUT2D eigenvalue weighted by molar-refractivity contribution is 5.37. The number of non-ortho nitro benzene ring substituents is 1.